The average molecular weight is 351 g/mol. The van der Waals surface area contributed by atoms with Gasteiger partial charge in [0.05, 0.1) is 0 Å². The minimum absolute atomic E-state index is 0.385. The summed E-state index contributed by atoms with van der Waals surface area (Å²) in [6.45, 7) is 17.2. The van der Waals surface area contributed by atoms with E-state index in [1.54, 1.807) is 0 Å². The van der Waals surface area contributed by atoms with Gasteiger partial charge in [-0.2, -0.15) is 0 Å². The van der Waals surface area contributed by atoms with Crippen LogP contribution in [0.3, 0.4) is 0 Å². The Morgan fingerprint density at radius 2 is 1.85 bits per heavy atom. The monoisotopic (exact) mass is 350 g/mol. The standard InChI is InChI=1S/C24H34N2/c1-7-11-22-12-9-10-13-23(22)21(6)25-17-20(5)26(8-2)24-16-18(3)14-15-19(24)4/h9-10,12-16,20,25H,6-8,11,17H2,1-5H3. The third-order valence-electron chi connectivity index (χ3n) is 5.02. The molecule has 0 spiro atoms. The number of aryl methyl sites for hydroxylation is 3. The number of nitrogens with zero attached hydrogens (tertiary/aromatic N) is 1. The van der Waals surface area contributed by atoms with Crippen LogP contribution in [0.15, 0.2) is 49.0 Å². The molecule has 26 heavy (non-hydrogen) atoms. The van der Waals surface area contributed by atoms with Crippen LogP contribution in [0.4, 0.5) is 5.69 Å². The predicted molar refractivity (Wildman–Crippen MR) is 116 cm³/mol. The Labute approximate surface area is 159 Å². The van der Waals surface area contributed by atoms with Gasteiger partial charge in [-0.05, 0) is 56.9 Å². The Morgan fingerprint density at radius 3 is 2.54 bits per heavy atom. The van der Waals surface area contributed by atoms with E-state index in [0.29, 0.717) is 6.04 Å². The van der Waals surface area contributed by atoms with Crippen LogP contribution in [0.2, 0.25) is 0 Å². The van der Waals surface area contributed by atoms with Crippen molar-refractivity contribution in [2.45, 2.75) is 53.5 Å². The van der Waals surface area contributed by atoms with Gasteiger partial charge >= 0.3 is 0 Å². The van der Waals surface area contributed by atoms with Crippen molar-refractivity contribution in [3.63, 3.8) is 0 Å². The van der Waals surface area contributed by atoms with E-state index in [4.69, 9.17) is 0 Å². The number of anilines is 1. The number of likely N-dealkylation sites (N-methyl/N-ethyl adjacent to an activating group) is 1. The van der Waals surface area contributed by atoms with Gasteiger partial charge in [-0.25, -0.2) is 0 Å². The molecule has 2 aromatic carbocycles. The molecule has 0 radical (unpaired) electrons. The highest BCUT2D eigenvalue weighted by atomic mass is 15.2. The van der Waals surface area contributed by atoms with E-state index in [1.165, 1.54) is 27.9 Å². The Kier molecular flexibility index (Phi) is 7.32. The molecule has 140 valence electrons. The van der Waals surface area contributed by atoms with Gasteiger partial charge in [0.25, 0.3) is 0 Å². The van der Waals surface area contributed by atoms with Crippen LogP contribution in [0.1, 0.15) is 49.4 Å². The van der Waals surface area contributed by atoms with Crippen LogP contribution in [0.5, 0.6) is 0 Å². The molecule has 1 atom stereocenters. The van der Waals surface area contributed by atoms with Gasteiger partial charge in [0.15, 0.2) is 0 Å². The van der Waals surface area contributed by atoms with Crippen LogP contribution >= 0.6 is 0 Å². The van der Waals surface area contributed by atoms with Crippen molar-refractivity contribution in [2.75, 3.05) is 18.0 Å². The zero-order chi connectivity index (χ0) is 19.1. The normalized spacial score (nSPS) is 11.9. The highest BCUT2D eigenvalue weighted by Crippen LogP contribution is 2.24. The van der Waals surface area contributed by atoms with Crippen LogP contribution in [-0.4, -0.2) is 19.1 Å². The van der Waals surface area contributed by atoms with Crippen molar-refractivity contribution < 1.29 is 0 Å². The third kappa shape index (κ3) is 4.91. The second-order valence-electron chi connectivity index (χ2n) is 7.19. The van der Waals surface area contributed by atoms with Gasteiger partial charge in [-0.15, -0.1) is 0 Å². The Bertz CT molecular complexity index is 733. The molecule has 0 amide bonds. The van der Waals surface area contributed by atoms with Gasteiger partial charge in [-0.1, -0.05) is 56.3 Å². The van der Waals surface area contributed by atoms with Gasteiger partial charge in [-0.3, -0.25) is 0 Å². The first-order valence-electron chi connectivity index (χ1n) is 9.82. The topological polar surface area (TPSA) is 15.3 Å². The lowest BCUT2D eigenvalue weighted by Crippen LogP contribution is -2.40. The molecule has 0 saturated carbocycles. The van der Waals surface area contributed by atoms with E-state index in [2.05, 4.69) is 93.9 Å². The summed E-state index contributed by atoms with van der Waals surface area (Å²) in [5, 5.41) is 3.58. The van der Waals surface area contributed by atoms with Gasteiger partial charge in [0.1, 0.15) is 0 Å². The van der Waals surface area contributed by atoms with E-state index in [9.17, 15) is 0 Å². The molecule has 0 fully saturated rings. The van der Waals surface area contributed by atoms with Crippen molar-refractivity contribution >= 4 is 11.4 Å². The molecule has 2 nitrogen and oxygen atoms in total. The zero-order valence-electron chi connectivity index (χ0n) is 17.1. The van der Waals surface area contributed by atoms with E-state index in [0.717, 1.165) is 31.6 Å². The molecule has 2 aromatic rings. The number of benzene rings is 2. The Balaban J connectivity index is 2.08. The lowest BCUT2D eigenvalue weighted by atomic mass is 10.0. The second kappa shape index (κ2) is 9.47. The van der Waals surface area contributed by atoms with E-state index in [-0.39, 0.29) is 0 Å². The van der Waals surface area contributed by atoms with Gasteiger partial charge in [0.2, 0.25) is 0 Å². The number of hydrogen-bond donors (Lipinski definition) is 1. The molecule has 0 aliphatic carbocycles. The summed E-state index contributed by atoms with van der Waals surface area (Å²) in [4.78, 5) is 2.47. The lowest BCUT2D eigenvalue weighted by molar-refractivity contribution is 0.622. The molecule has 1 N–H and O–H groups in total. The van der Waals surface area contributed by atoms with Crippen molar-refractivity contribution in [2.24, 2.45) is 0 Å². The maximum Gasteiger partial charge on any atom is 0.0434 e. The van der Waals surface area contributed by atoms with Crippen molar-refractivity contribution in [1.29, 1.82) is 0 Å². The fraction of sp³-hybridized carbons (Fsp3) is 0.417. The molecular formula is C24H34N2. The van der Waals surface area contributed by atoms with Crippen LogP contribution < -0.4 is 10.2 Å². The number of rotatable bonds is 9. The predicted octanol–water partition coefficient (Wildman–Crippen LogP) is 5.73. The summed E-state index contributed by atoms with van der Waals surface area (Å²) in [5.74, 6) is 0. The maximum absolute atomic E-state index is 4.30. The molecule has 0 heterocycles. The summed E-state index contributed by atoms with van der Waals surface area (Å²) in [6, 6.07) is 15.7. The van der Waals surface area contributed by atoms with Crippen LogP contribution in [-0.2, 0) is 6.42 Å². The molecule has 0 saturated heterocycles. The first-order chi connectivity index (χ1) is 12.5. The fourth-order valence-corrected chi connectivity index (χ4v) is 3.53. The van der Waals surface area contributed by atoms with E-state index >= 15 is 0 Å². The minimum Gasteiger partial charge on any atom is -0.383 e. The van der Waals surface area contributed by atoms with Crippen molar-refractivity contribution in [3.05, 3.63) is 71.3 Å². The molecule has 2 heteroatoms. The Hall–Kier alpha value is -2.22. The largest absolute Gasteiger partial charge is 0.383 e. The molecule has 0 aromatic heterocycles. The first kappa shape index (κ1) is 20.1. The third-order valence-corrected chi connectivity index (χ3v) is 5.02. The smallest absolute Gasteiger partial charge is 0.0434 e. The SMILES string of the molecule is C=C(NCC(C)N(CC)c1cc(C)ccc1C)c1ccccc1CCC. The zero-order valence-corrected chi connectivity index (χ0v) is 17.1. The summed E-state index contributed by atoms with van der Waals surface area (Å²) in [7, 11) is 0. The van der Waals surface area contributed by atoms with Gasteiger partial charge in [0, 0.05) is 36.1 Å². The number of hydrogen-bond acceptors (Lipinski definition) is 2. The molecular weight excluding hydrogens is 316 g/mol. The number of nitrogens with one attached hydrogen (secondary N) is 1. The van der Waals surface area contributed by atoms with E-state index in [1.807, 2.05) is 0 Å². The van der Waals surface area contributed by atoms with Crippen LogP contribution in [0, 0.1) is 13.8 Å². The van der Waals surface area contributed by atoms with Crippen molar-refractivity contribution in [3.8, 4) is 0 Å². The molecule has 2 rings (SSSR count). The molecule has 0 aliphatic rings. The molecule has 1 unspecified atom stereocenters. The van der Waals surface area contributed by atoms with Gasteiger partial charge < -0.3 is 10.2 Å². The summed E-state index contributed by atoms with van der Waals surface area (Å²) in [5.41, 5.74) is 7.62. The summed E-state index contributed by atoms with van der Waals surface area (Å²) >= 11 is 0. The average Bonchev–Trinajstić information content (AvgIpc) is 2.64. The molecule has 0 bridgehead atoms. The van der Waals surface area contributed by atoms with E-state index < -0.39 is 0 Å². The quantitative estimate of drug-likeness (QED) is 0.621. The summed E-state index contributed by atoms with van der Waals surface area (Å²) < 4.78 is 0. The Morgan fingerprint density at radius 1 is 1.12 bits per heavy atom. The lowest BCUT2D eigenvalue weighted by Gasteiger charge is -2.32. The highest BCUT2D eigenvalue weighted by Gasteiger charge is 2.15. The maximum atomic E-state index is 4.30. The molecule has 0 aliphatic heterocycles. The fourth-order valence-electron chi connectivity index (χ4n) is 3.53. The van der Waals surface area contributed by atoms with Crippen molar-refractivity contribution in [1.82, 2.24) is 5.32 Å². The first-order valence-corrected chi connectivity index (χ1v) is 9.82. The minimum atomic E-state index is 0.385. The summed E-state index contributed by atoms with van der Waals surface area (Å²) in [6.07, 6.45) is 2.24. The van der Waals surface area contributed by atoms with Crippen LogP contribution in [0.25, 0.3) is 5.70 Å². The highest BCUT2D eigenvalue weighted by molar-refractivity contribution is 5.65. The second-order valence-corrected chi connectivity index (χ2v) is 7.19.